The number of imidazole rings is 1. The summed E-state index contributed by atoms with van der Waals surface area (Å²) in [4.78, 5) is 127. The van der Waals surface area contributed by atoms with Gasteiger partial charge >= 0.3 is 0 Å². The molecule has 1 aliphatic heterocycles. The first kappa shape index (κ1) is 59.4. The smallest absolute Gasteiger partial charge is 0.244 e. The van der Waals surface area contributed by atoms with Crippen LogP contribution in [-0.2, 0) is 69.1 Å². The Balaban J connectivity index is 1.39. The summed E-state index contributed by atoms with van der Waals surface area (Å²) >= 11 is 2.71. The number of thioether (sulfide) groups is 2. The van der Waals surface area contributed by atoms with Crippen LogP contribution in [0.4, 0.5) is 0 Å². The highest BCUT2D eigenvalue weighted by Gasteiger charge is 2.35. The third kappa shape index (κ3) is 18.7. The maximum Gasteiger partial charge on any atom is 0.244 e. The number of hydrogen-bond donors (Lipinski definition) is 12. The van der Waals surface area contributed by atoms with Gasteiger partial charge in [-0.15, -0.1) is 0 Å². The molecular weight excluding hydrogens is 1040 g/mol. The summed E-state index contributed by atoms with van der Waals surface area (Å²) in [6.07, 6.45) is 6.26. The molecule has 3 aromatic carbocycles. The van der Waals surface area contributed by atoms with Crippen LogP contribution < -0.4 is 54.4 Å². The Morgan fingerprint density at radius 2 is 1.35 bits per heavy atom. The van der Waals surface area contributed by atoms with Crippen LogP contribution in [0.5, 0.6) is 0 Å². The highest BCUT2D eigenvalue weighted by atomic mass is 32.2. The van der Waals surface area contributed by atoms with Crippen LogP contribution in [0.2, 0.25) is 0 Å². The predicted octanol–water partition coefficient (Wildman–Crippen LogP) is 1.24. The minimum Gasteiger partial charge on any atom is -0.370 e. The first-order valence-electron chi connectivity index (χ1n) is 25.8. The fraction of sp³-hybridized carbons (Fsp3) is 0.407. The molecule has 0 fully saturated rings. The molecule has 2 bridgehead atoms. The molecule has 24 heteroatoms. The van der Waals surface area contributed by atoms with Crippen molar-refractivity contribution in [3.8, 4) is 0 Å². The second-order valence-electron chi connectivity index (χ2n) is 19.0. The maximum atomic E-state index is 14.8. The van der Waals surface area contributed by atoms with Gasteiger partial charge in [-0.3, -0.25) is 43.3 Å². The summed E-state index contributed by atoms with van der Waals surface area (Å²) in [6.45, 7) is 3.34. The lowest BCUT2D eigenvalue weighted by Gasteiger charge is -2.28. The largest absolute Gasteiger partial charge is 0.370 e. The summed E-state index contributed by atoms with van der Waals surface area (Å²) < 4.78 is 0. The molecule has 0 spiro atoms. The topological polar surface area (TPSA) is 356 Å². The number of carbonyl (C=O) groups is 8. The number of fused-ring (bicyclic) bond motifs is 3. The molecule has 8 amide bonds. The normalized spacial score (nSPS) is 20.7. The van der Waals surface area contributed by atoms with Crippen LogP contribution in [0.25, 0.3) is 10.9 Å². The van der Waals surface area contributed by atoms with E-state index in [2.05, 4.69) is 57.2 Å². The van der Waals surface area contributed by atoms with Crippen LogP contribution in [0.1, 0.15) is 73.9 Å². The number of H-pyrrole nitrogens is 2. The molecule has 22 nitrogen and oxygen atoms in total. The average molecular weight is 1110 g/mol. The van der Waals surface area contributed by atoms with Gasteiger partial charge in [0.15, 0.2) is 5.96 Å². The maximum absolute atomic E-state index is 14.8. The molecule has 0 saturated carbocycles. The number of aliphatic imine (C=N–C) groups is 1. The van der Waals surface area contributed by atoms with Gasteiger partial charge < -0.3 is 64.4 Å². The highest BCUT2D eigenvalue weighted by molar-refractivity contribution is 7.98. The number of aromatic nitrogens is 3. The van der Waals surface area contributed by atoms with E-state index in [-0.39, 0.29) is 56.1 Å². The molecular formula is C54H70N14O8S2. The van der Waals surface area contributed by atoms with E-state index in [1.165, 1.54) is 43.0 Å². The van der Waals surface area contributed by atoms with Crippen molar-refractivity contribution in [3.05, 3.63) is 126 Å². The Bertz CT molecular complexity index is 2860. The van der Waals surface area contributed by atoms with Gasteiger partial charge in [-0.25, -0.2) is 4.98 Å². The predicted molar refractivity (Wildman–Crippen MR) is 301 cm³/mol. The van der Waals surface area contributed by atoms with Crippen LogP contribution in [0.15, 0.2) is 103 Å². The lowest BCUT2D eigenvalue weighted by atomic mass is 10.0. The number of primary amides is 1. The molecule has 2 aromatic heterocycles. The summed E-state index contributed by atoms with van der Waals surface area (Å²) in [5, 5.41) is 20.4. The number of benzene rings is 3. The second-order valence-corrected chi connectivity index (χ2v) is 21.1. The van der Waals surface area contributed by atoms with Crippen molar-refractivity contribution in [2.75, 3.05) is 18.1 Å². The van der Waals surface area contributed by atoms with Gasteiger partial charge in [0.1, 0.15) is 42.3 Å². The lowest BCUT2D eigenvalue weighted by molar-refractivity contribution is -0.135. The van der Waals surface area contributed by atoms with Crippen LogP contribution >= 0.6 is 23.5 Å². The number of carbonyl (C=O) groups excluding carboxylic acids is 8. The Morgan fingerprint density at radius 1 is 0.718 bits per heavy atom. The molecule has 3 heterocycles. The van der Waals surface area contributed by atoms with E-state index in [0.29, 0.717) is 41.2 Å². The van der Waals surface area contributed by atoms with E-state index in [0.717, 1.165) is 28.5 Å². The zero-order valence-electron chi connectivity index (χ0n) is 43.7. The minimum atomic E-state index is -1.36. The third-order valence-corrected chi connectivity index (χ3v) is 15.0. The van der Waals surface area contributed by atoms with E-state index in [1.54, 1.807) is 36.5 Å². The standard InChI is InChI=1S/C54H70N14O8S2/c1-3-4-17-40(62-32(2)69)48(71)68-46-30-78-28-35-15-10-14-34(21-35)27-77-29-45(47(55)70)67-51(74)43(23-36-25-60-39-18-9-8-16-38(36)39)65-49(72)41(19-11-20-59-54(56)57)63-50(73)42(22-33-12-6-5-7-13-33)64-52(75)44(66-53(46)76)24-37-26-58-31-61-37/h5-10,12-16,18,21,25-26,31,40-46,60H,3-4,11,17,19-20,22-24,27-30H2,1-2H3,(H2,55,70)(H,58,61)(H,62,69)(H,63,73)(H,64,75)(H,65,72)(H,66,76)(H,67,74)(H,68,71)(H4,56,57,59)/t40-,41-,42+,43-,44-,45-,46-/m0/s1. The van der Waals surface area contributed by atoms with Gasteiger partial charge in [0.2, 0.25) is 47.3 Å². The van der Waals surface area contributed by atoms with Crippen LogP contribution in [0.3, 0.4) is 0 Å². The van der Waals surface area contributed by atoms with E-state index >= 15 is 0 Å². The number of amides is 8. The monoisotopic (exact) mass is 1110 g/mol. The highest BCUT2D eigenvalue weighted by Crippen LogP contribution is 2.22. The number of aromatic amines is 2. The molecule has 6 rings (SSSR count). The third-order valence-electron chi connectivity index (χ3n) is 12.8. The number of nitrogens with zero attached hydrogens (tertiary/aromatic N) is 2. The number of para-hydroxylation sites is 1. The number of guanidine groups is 1. The van der Waals surface area contributed by atoms with Gasteiger partial charge in [0, 0.05) is 84.7 Å². The van der Waals surface area contributed by atoms with Gasteiger partial charge in [-0.05, 0) is 47.6 Å². The quantitative estimate of drug-likeness (QED) is 0.0355. The number of rotatable bonds is 17. The molecule has 0 radical (unpaired) electrons. The number of nitrogens with one attached hydrogen (secondary N) is 9. The van der Waals surface area contributed by atoms with Crippen molar-refractivity contribution in [1.82, 2.24) is 52.2 Å². The molecule has 416 valence electrons. The fourth-order valence-corrected chi connectivity index (χ4v) is 10.7. The molecule has 1 aliphatic rings. The zero-order valence-corrected chi connectivity index (χ0v) is 45.3. The Kier molecular flexibility index (Phi) is 23.0. The Hall–Kier alpha value is -7.86. The van der Waals surface area contributed by atoms with E-state index in [4.69, 9.17) is 17.2 Å². The van der Waals surface area contributed by atoms with E-state index in [1.807, 2.05) is 55.5 Å². The van der Waals surface area contributed by atoms with Crippen molar-refractivity contribution < 1.29 is 38.4 Å². The molecule has 78 heavy (non-hydrogen) atoms. The van der Waals surface area contributed by atoms with Gasteiger partial charge in [0.25, 0.3) is 0 Å². The summed E-state index contributed by atoms with van der Waals surface area (Å²) in [6, 6.07) is 15.3. The van der Waals surface area contributed by atoms with Gasteiger partial charge in [0.05, 0.1) is 6.33 Å². The van der Waals surface area contributed by atoms with E-state index in [9.17, 15) is 38.4 Å². The minimum absolute atomic E-state index is 0.0326. The SMILES string of the molecule is CCCC[C@H](NC(C)=O)C(=O)N[C@H]1CSCc2cccc(c2)CSC[C@@H](C(N)=O)NC(=O)[C@H](Cc2c[nH]c3ccccc23)NC(=O)[C@H](CCCN=C(N)N)NC(=O)[C@@H](Cc2ccccc2)NC(=O)[C@H](Cc2cnc[nH]2)NC1=O. The average Bonchev–Trinajstić information content (AvgIpc) is 4.10. The number of hydrogen-bond acceptors (Lipinski definition) is 12. The van der Waals surface area contributed by atoms with E-state index < -0.39 is 89.6 Å². The second kappa shape index (κ2) is 30.2. The van der Waals surface area contributed by atoms with Crippen molar-refractivity contribution in [2.45, 2.75) is 119 Å². The Morgan fingerprint density at radius 3 is 2.01 bits per heavy atom. The zero-order chi connectivity index (χ0) is 56.0. The molecule has 7 atom stereocenters. The van der Waals surface area contributed by atoms with Crippen LogP contribution in [0, 0.1) is 0 Å². The van der Waals surface area contributed by atoms with Crippen LogP contribution in [-0.4, -0.2) is 129 Å². The number of nitrogens with two attached hydrogens (primary N) is 3. The fourth-order valence-electron chi connectivity index (χ4n) is 8.72. The van der Waals surface area contributed by atoms with Crippen molar-refractivity contribution in [3.63, 3.8) is 0 Å². The number of unbranched alkanes of at least 4 members (excludes halogenated alkanes) is 1. The Labute approximate surface area is 461 Å². The summed E-state index contributed by atoms with van der Waals surface area (Å²) in [7, 11) is 0. The molecule has 15 N–H and O–H groups in total. The molecule has 5 aromatic rings. The summed E-state index contributed by atoms with van der Waals surface area (Å²) in [5.41, 5.74) is 21.5. The van der Waals surface area contributed by atoms with Gasteiger partial charge in [-0.2, -0.15) is 23.5 Å². The van der Waals surface area contributed by atoms with Gasteiger partial charge in [-0.1, -0.05) is 92.6 Å². The summed E-state index contributed by atoms with van der Waals surface area (Å²) in [5.74, 6) is -4.77. The lowest BCUT2D eigenvalue weighted by Crippen LogP contribution is -2.61. The van der Waals surface area contributed by atoms with Crippen molar-refractivity contribution in [2.24, 2.45) is 22.2 Å². The van der Waals surface area contributed by atoms with Crippen molar-refractivity contribution >= 4 is 87.6 Å². The molecule has 0 unspecified atom stereocenters. The molecule has 0 aliphatic carbocycles. The first-order valence-corrected chi connectivity index (χ1v) is 28.1. The van der Waals surface area contributed by atoms with Crippen molar-refractivity contribution in [1.29, 1.82) is 0 Å². The molecule has 0 saturated heterocycles. The first-order chi connectivity index (χ1) is 37.6.